The van der Waals surface area contributed by atoms with Crippen LogP contribution in [0, 0.1) is 10.8 Å². The van der Waals surface area contributed by atoms with E-state index in [4.69, 9.17) is 9.15 Å². The number of anilines is 2. The first kappa shape index (κ1) is 23.5. The molecule has 1 aromatic heterocycles. The van der Waals surface area contributed by atoms with Crippen LogP contribution in [0.2, 0.25) is 0 Å². The predicted octanol–water partition coefficient (Wildman–Crippen LogP) is 5.67. The first-order valence-electron chi connectivity index (χ1n) is 13.0. The van der Waals surface area contributed by atoms with Crippen molar-refractivity contribution in [1.82, 2.24) is 4.90 Å². The summed E-state index contributed by atoms with van der Waals surface area (Å²) in [4.78, 5) is 7.63. The molecule has 0 saturated carbocycles. The number of morpholine rings is 1. The van der Waals surface area contributed by atoms with Gasteiger partial charge in [0.05, 0.1) is 25.7 Å². The summed E-state index contributed by atoms with van der Waals surface area (Å²) < 4.78 is 10.9. The van der Waals surface area contributed by atoms with Crippen molar-refractivity contribution in [3.05, 3.63) is 54.0 Å². The van der Waals surface area contributed by atoms with Crippen molar-refractivity contribution in [1.29, 1.82) is 0 Å². The third-order valence-corrected chi connectivity index (χ3v) is 7.57. The van der Waals surface area contributed by atoms with Crippen molar-refractivity contribution in [3.63, 3.8) is 0 Å². The Morgan fingerprint density at radius 1 is 0.882 bits per heavy atom. The van der Waals surface area contributed by atoms with E-state index >= 15 is 0 Å². The van der Waals surface area contributed by atoms with E-state index in [1.807, 2.05) is 6.26 Å². The summed E-state index contributed by atoms with van der Waals surface area (Å²) in [5.41, 5.74) is 7.49. The average molecular weight is 464 g/mol. The van der Waals surface area contributed by atoms with E-state index in [0.29, 0.717) is 5.41 Å². The lowest BCUT2D eigenvalue weighted by Gasteiger charge is -2.42. The third-order valence-electron chi connectivity index (χ3n) is 7.57. The van der Waals surface area contributed by atoms with Crippen LogP contribution in [-0.2, 0) is 11.3 Å². The smallest absolute Gasteiger partial charge is 0.0947 e. The number of allylic oxidation sites excluding steroid dienone is 2. The summed E-state index contributed by atoms with van der Waals surface area (Å²) >= 11 is 0. The molecule has 3 aliphatic rings. The van der Waals surface area contributed by atoms with E-state index in [0.717, 1.165) is 65.4 Å². The molecule has 5 nitrogen and oxygen atoms in total. The Hall–Kier alpha value is -2.24. The minimum atomic E-state index is 0.215. The first-order chi connectivity index (χ1) is 16.3. The van der Waals surface area contributed by atoms with Gasteiger partial charge in [0.15, 0.2) is 0 Å². The number of nitrogens with zero attached hydrogens (tertiary/aromatic N) is 3. The van der Waals surface area contributed by atoms with Crippen LogP contribution in [-0.4, -0.2) is 57.4 Å². The first-order valence-corrected chi connectivity index (χ1v) is 13.0. The minimum Gasteiger partial charge on any atom is -0.472 e. The molecule has 5 rings (SSSR count). The maximum Gasteiger partial charge on any atom is 0.0947 e. The Morgan fingerprint density at radius 3 is 2.32 bits per heavy atom. The van der Waals surface area contributed by atoms with Crippen molar-refractivity contribution in [2.24, 2.45) is 10.8 Å². The predicted molar refractivity (Wildman–Crippen MR) is 140 cm³/mol. The van der Waals surface area contributed by atoms with Gasteiger partial charge in [-0.05, 0) is 53.5 Å². The van der Waals surface area contributed by atoms with E-state index in [9.17, 15) is 0 Å². The molecule has 0 amide bonds. The lowest BCUT2D eigenvalue weighted by Crippen LogP contribution is -2.46. The summed E-state index contributed by atoms with van der Waals surface area (Å²) in [6, 6.07) is 9.28. The van der Waals surface area contributed by atoms with Gasteiger partial charge in [-0.2, -0.15) is 0 Å². The second kappa shape index (κ2) is 9.43. The lowest BCUT2D eigenvalue weighted by molar-refractivity contribution is 0.122. The molecule has 1 aliphatic carbocycles. The number of ether oxygens (including phenoxy) is 1. The SMILES string of the molecule is CC1(C)C=C(c2cc(N3CCOCC3)ccc2N2CCN(Cc3ccoc3)CC2)CC(C)(C)C1. The van der Waals surface area contributed by atoms with Crippen molar-refractivity contribution < 1.29 is 9.15 Å². The van der Waals surface area contributed by atoms with Gasteiger partial charge in [0.25, 0.3) is 0 Å². The zero-order valence-corrected chi connectivity index (χ0v) is 21.5. The van der Waals surface area contributed by atoms with Crippen molar-refractivity contribution >= 4 is 16.9 Å². The molecule has 0 N–H and O–H groups in total. The highest BCUT2D eigenvalue weighted by molar-refractivity contribution is 5.81. The van der Waals surface area contributed by atoms with Crippen LogP contribution in [0.1, 0.15) is 51.7 Å². The second-order valence-corrected chi connectivity index (χ2v) is 11.9. The summed E-state index contributed by atoms with van der Waals surface area (Å²) in [5, 5.41) is 0. The van der Waals surface area contributed by atoms with E-state index < -0.39 is 0 Å². The summed E-state index contributed by atoms with van der Waals surface area (Å²) in [7, 11) is 0. The zero-order valence-electron chi connectivity index (χ0n) is 21.5. The van der Waals surface area contributed by atoms with Crippen molar-refractivity contribution in [2.45, 2.75) is 47.1 Å². The topological polar surface area (TPSA) is 32.1 Å². The number of piperazine rings is 1. The number of furan rings is 1. The molecule has 2 aromatic rings. The van der Waals surface area contributed by atoms with Gasteiger partial charge in [-0.1, -0.05) is 33.8 Å². The monoisotopic (exact) mass is 463 g/mol. The highest BCUT2D eigenvalue weighted by Gasteiger charge is 2.35. The fourth-order valence-corrected chi connectivity index (χ4v) is 6.42. The van der Waals surface area contributed by atoms with Gasteiger partial charge in [-0.25, -0.2) is 0 Å². The van der Waals surface area contributed by atoms with E-state index in [1.54, 1.807) is 6.26 Å². The van der Waals surface area contributed by atoms with Crippen LogP contribution in [0.3, 0.4) is 0 Å². The highest BCUT2D eigenvalue weighted by Crippen LogP contribution is 2.49. The van der Waals surface area contributed by atoms with Gasteiger partial charge in [0, 0.05) is 68.3 Å². The number of benzene rings is 1. The molecule has 34 heavy (non-hydrogen) atoms. The Balaban J connectivity index is 1.43. The summed E-state index contributed by atoms with van der Waals surface area (Å²) in [5.74, 6) is 0. The van der Waals surface area contributed by atoms with Crippen LogP contribution >= 0.6 is 0 Å². The molecule has 184 valence electrons. The van der Waals surface area contributed by atoms with Crippen LogP contribution in [0.15, 0.2) is 47.3 Å². The molecule has 3 heterocycles. The summed E-state index contributed by atoms with van der Waals surface area (Å²) in [6.45, 7) is 18.5. The molecule has 0 atom stereocenters. The fraction of sp³-hybridized carbons (Fsp3) is 0.586. The number of rotatable bonds is 5. The Labute approximate surface area is 205 Å². The minimum absolute atomic E-state index is 0.215. The normalized spacial score (nSPS) is 23.1. The van der Waals surface area contributed by atoms with Gasteiger partial charge in [-0.3, -0.25) is 4.90 Å². The zero-order chi connectivity index (χ0) is 23.8. The molecule has 1 aromatic carbocycles. The van der Waals surface area contributed by atoms with Gasteiger partial charge in [-0.15, -0.1) is 0 Å². The molecule has 0 radical (unpaired) electrons. The van der Waals surface area contributed by atoms with Crippen molar-refractivity contribution in [2.75, 3.05) is 62.3 Å². The van der Waals surface area contributed by atoms with Crippen LogP contribution in [0.5, 0.6) is 0 Å². The second-order valence-electron chi connectivity index (χ2n) is 11.9. The van der Waals surface area contributed by atoms with Gasteiger partial charge in [0.1, 0.15) is 0 Å². The molecule has 5 heteroatoms. The Kier molecular flexibility index (Phi) is 6.51. The lowest BCUT2D eigenvalue weighted by atomic mass is 9.65. The molecular formula is C29H41N3O2. The molecule has 0 bridgehead atoms. The van der Waals surface area contributed by atoms with Gasteiger partial charge >= 0.3 is 0 Å². The molecule has 0 unspecified atom stereocenters. The van der Waals surface area contributed by atoms with Crippen molar-refractivity contribution in [3.8, 4) is 0 Å². The van der Waals surface area contributed by atoms with Crippen LogP contribution in [0.25, 0.3) is 5.57 Å². The van der Waals surface area contributed by atoms with E-state index in [-0.39, 0.29) is 5.41 Å². The molecule has 2 fully saturated rings. The average Bonchev–Trinajstić information content (AvgIpc) is 3.31. The standard InChI is InChI=1S/C29H41N3O2/c1-28(2)18-24(19-29(3,4)22-28)26-17-25(31-12-15-33-16-13-31)5-6-27(26)32-10-8-30(9-11-32)20-23-7-14-34-21-23/h5-7,14,17-18,21H,8-13,15-16,19-20,22H2,1-4H3. The molecule has 2 saturated heterocycles. The van der Waals surface area contributed by atoms with E-state index in [2.05, 4.69) is 72.7 Å². The molecule has 2 aliphatic heterocycles. The maximum absolute atomic E-state index is 5.62. The molecule has 0 spiro atoms. The quantitative estimate of drug-likeness (QED) is 0.571. The molecular weight excluding hydrogens is 422 g/mol. The number of hydrogen-bond donors (Lipinski definition) is 0. The van der Waals surface area contributed by atoms with Gasteiger partial charge < -0.3 is 19.0 Å². The van der Waals surface area contributed by atoms with Gasteiger partial charge in [0.2, 0.25) is 0 Å². The Bertz CT molecular complexity index is 994. The van der Waals surface area contributed by atoms with Crippen LogP contribution < -0.4 is 9.80 Å². The largest absolute Gasteiger partial charge is 0.472 e. The van der Waals surface area contributed by atoms with Crippen LogP contribution in [0.4, 0.5) is 11.4 Å². The third kappa shape index (κ3) is 5.36. The number of hydrogen-bond acceptors (Lipinski definition) is 5. The Morgan fingerprint density at radius 2 is 1.65 bits per heavy atom. The maximum atomic E-state index is 5.62. The van der Waals surface area contributed by atoms with E-state index in [1.165, 1.54) is 34.5 Å². The highest BCUT2D eigenvalue weighted by atomic mass is 16.5. The fourth-order valence-electron chi connectivity index (χ4n) is 6.42. The summed E-state index contributed by atoms with van der Waals surface area (Å²) in [6.07, 6.45) is 8.57.